The second-order valence-electron chi connectivity index (χ2n) is 18.8. The Labute approximate surface area is 406 Å². The first-order chi connectivity index (χ1) is 33.9. The summed E-state index contributed by atoms with van der Waals surface area (Å²) < 4.78 is 72.3. The van der Waals surface area contributed by atoms with E-state index >= 15 is 0 Å². The lowest BCUT2D eigenvalue weighted by atomic mass is 9.65. The second kappa shape index (κ2) is 16.0. The maximum Gasteiger partial charge on any atom is 0.194 e. The van der Waals surface area contributed by atoms with E-state index in [0.29, 0.717) is 21.3 Å². The summed E-state index contributed by atoms with van der Waals surface area (Å²) in [6, 6.07) is 14.4. The molecule has 14 heteroatoms. The predicted octanol–water partition coefficient (Wildman–Crippen LogP) is 13.3. The molecule has 12 rings (SSSR count). The summed E-state index contributed by atoms with van der Waals surface area (Å²) in [4.78, 5) is 30.7. The Kier molecular flexibility index (Phi) is 9.96. The number of allylic oxidation sites excluding steroid dienone is 10. The van der Waals surface area contributed by atoms with Crippen LogP contribution in [0, 0.1) is 80.4 Å². The largest absolute Gasteiger partial charge is 0.481 e. The Morgan fingerprint density at radius 2 is 0.886 bits per heavy atom. The van der Waals surface area contributed by atoms with E-state index in [1.165, 1.54) is 22.7 Å². The molecule has 0 amide bonds. The Balaban J connectivity index is 0.969. The van der Waals surface area contributed by atoms with E-state index < -0.39 is 46.0 Å². The number of hydrogen-bond acceptors (Lipinski definition) is 10. The van der Waals surface area contributed by atoms with Gasteiger partial charge in [-0.15, -0.1) is 22.7 Å². The van der Waals surface area contributed by atoms with Gasteiger partial charge in [-0.1, -0.05) is 37.1 Å². The normalized spacial score (nSPS) is 22.8. The van der Waals surface area contributed by atoms with Crippen molar-refractivity contribution in [1.82, 2.24) is 0 Å². The van der Waals surface area contributed by atoms with E-state index in [-0.39, 0.29) is 67.5 Å². The molecule has 0 N–H and O–H groups in total. The van der Waals surface area contributed by atoms with E-state index in [4.69, 9.17) is 9.47 Å². The van der Waals surface area contributed by atoms with Gasteiger partial charge in [0.2, 0.25) is 0 Å². The number of thiophene rings is 2. The number of nitriles is 4. The molecular weight excluding hydrogens is 933 g/mol. The van der Waals surface area contributed by atoms with Crippen LogP contribution in [0.5, 0.6) is 11.5 Å². The van der Waals surface area contributed by atoms with E-state index in [0.717, 1.165) is 121 Å². The molecule has 0 bridgehead atoms. The minimum atomic E-state index is -1.21. The number of ketones is 2. The van der Waals surface area contributed by atoms with Crippen molar-refractivity contribution in [2.45, 2.75) is 75.4 Å². The number of benzene rings is 2. The fraction of sp³-hybridized carbons (Fsp3) is 0.250. The van der Waals surface area contributed by atoms with E-state index in [1.54, 1.807) is 12.2 Å². The molecule has 2 aromatic heterocycles. The predicted molar refractivity (Wildman–Crippen MR) is 254 cm³/mol. The lowest BCUT2D eigenvalue weighted by molar-refractivity contribution is 0.0636. The highest BCUT2D eigenvalue weighted by atomic mass is 32.1. The number of fused-ring (bicyclic) bond motifs is 11. The molecule has 0 radical (unpaired) electrons. The first kappa shape index (κ1) is 43.6. The Morgan fingerprint density at radius 1 is 0.529 bits per heavy atom. The zero-order valence-electron chi connectivity index (χ0n) is 36.9. The number of ether oxygens (including phenoxy) is 2. The molecule has 2 atom stereocenters. The zero-order chi connectivity index (χ0) is 48.4. The SMILES string of the molecule is N#CC(C#N)=C1/C(=C/c2cc3c(s2)C2=CC4C=C5C(=CC4C=C2C2(CCCCC2)O3)c2sc(/C=C3\C(=O)c4cc(F)c(F)cc4C3=C(C#N)C#N)cc2OC52CCCCC2)C(=O)c2cc(F)c(F)cc21. The average molecular weight is 967 g/mol. The van der Waals surface area contributed by atoms with Crippen molar-refractivity contribution < 1.29 is 36.6 Å². The maximum atomic E-state index is 14.6. The fourth-order valence-electron chi connectivity index (χ4n) is 11.9. The maximum absolute atomic E-state index is 14.6. The lowest BCUT2D eigenvalue weighted by Crippen LogP contribution is -2.45. The molecule has 342 valence electrons. The first-order valence-corrected chi connectivity index (χ1v) is 24.7. The summed E-state index contributed by atoms with van der Waals surface area (Å²) in [5, 5.41) is 39.7. The summed E-state index contributed by atoms with van der Waals surface area (Å²) in [6.07, 6.45) is 21.5. The van der Waals surface area contributed by atoms with Crippen molar-refractivity contribution in [2.24, 2.45) is 11.8 Å². The molecule has 4 heterocycles. The van der Waals surface area contributed by atoms with Gasteiger partial charge in [-0.3, -0.25) is 9.59 Å². The van der Waals surface area contributed by atoms with Crippen LogP contribution in [0.15, 0.2) is 94.1 Å². The smallest absolute Gasteiger partial charge is 0.194 e. The van der Waals surface area contributed by atoms with Gasteiger partial charge in [-0.2, -0.15) is 21.0 Å². The van der Waals surface area contributed by atoms with Crippen molar-refractivity contribution in [3.8, 4) is 35.8 Å². The van der Waals surface area contributed by atoms with Gasteiger partial charge in [0.05, 0.1) is 9.75 Å². The van der Waals surface area contributed by atoms with Gasteiger partial charge in [-0.25, -0.2) is 17.6 Å². The van der Waals surface area contributed by atoms with Gasteiger partial charge in [0, 0.05) is 66.2 Å². The number of nitrogens with zero attached hydrogens (tertiary/aromatic N) is 4. The average Bonchev–Trinajstić information content (AvgIpc) is 4.09. The van der Waals surface area contributed by atoms with Crippen molar-refractivity contribution in [3.05, 3.63) is 159 Å². The minimum absolute atomic E-state index is 0.00806. The van der Waals surface area contributed by atoms with Crippen LogP contribution < -0.4 is 9.47 Å². The van der Waals surface area contributed by atoms with Crippen LogP contribution in [0.1, 0.15) is 116 Å². The van der Waals surface area contributed by atoms with Crippen molar-refractivity contribution in [1.29, 1.82) is 21.0 Å². The van der Waals surface area contributed by atoms with Crippen LogP contribution in [0.2, 0.25) is 0 Å². The molecule has 2 saturated carbocycles. The van der Waals surface area contributed by atoms with Gasteiger partial charge in [0.25, 0.3) is 0 Å². The third-order valence-electron chi connectivity index (χ3n) is 15.0. The second-order valence-corrected chi connectivity index (χ2v) is 21.0. The quantitative estimate of drug-likeness (QED) is 0.110. The molecule has 0 saturated heterocycles. The number of carbonyl (C=O) groups is 2. The third-order valence-corrected chi connectivity index (χ3v) is 17.2. The van der Waals surface area contributed by atoms with Crippen LogP contribution in [-0.2, 0) is 0 Å². The van der Waals surface area contributed by atoms with Gasteiger partial charge < -0.3 is 9.47 Å². The third kappa shape index (κ3) is 6.40. The highest BCUT2D eigenvalue weighted by Crippen LogP contribution is 2.60. The zero-order valence-corrected chi connectivity index (χ0v) is 38.5. The monoisotopic (exact) mass is 966 g/mol. The van der Waals surface area contributed by atoms with Crippen molar-refractivity contribution >= 4 is 68.7 Å². The van der Waals surface area contributed by atoms with Crippen LogP contribution in [0.4, 0.5) is 17.6 Å². The van der Waals surface area contributed by atoms with Gasteiger partial charge in [-0.05, 0) is 122 Å². The summed E-state index contributed by atoms with van der Waals surface area (Å²) in [5.41, 5.74) is 1.80. The molecule has 6 aliphatic carbocycles. The fourth-order valence-corrected chi connectivity index (χ4v) is 14.0. The summed E-state index contributed by atoms with van der Waals surface area (Å²) >= 11 is 2.80. The summed E-state index contributed by atoms with van der Waals surface area (Å²) in [5.74, 6) is -4.94. The Morgan fingerprint density at radius 3 is 1.24 bits per heavy atom. The molecule has 2 fully saturated rings. The van der Waals surface area contributed by atoms with Gasteiger partial charge in [0.1, 0.15) is 58.1 Å². The van der Waals surface area contributed by atoms with Crippen LogP contribution in [-0.4, -0.2) is 22.8 Å². The number of rotatable bonds is 2. The molecule has 2 spiro atoms. The highest BCUT2D eigenvalue weighted by molar-refractivity contribution is 7.15. The van der Waals surface area contributed by atoms with Crippen molar-refractivity contribution in [2.75, 3.05) is 0 Å². The summed E-state index contributed by atoms with van der Waals surface area (Å²) in [7, 11) is 0. The Hall–Kier alpha value is -7.62. The van der Waals surface area contributed by atoms with Crippen molar-refractivity contribution in [3.63, 3.8) is 0 Å². The van der Waals surface area contributed by atoms with Gasteiger partial charge in [0.15, 0.2) is 34.8 Å². The van der Waals surface area contributed by atoms with Crippen LogP contribution >= 0.6 is 22.7 Å². The minimum Gasteiger partial charge on any atom is -0.481 e. The molecule has 8 aliphatic rings. The lowest BCUT2D eigenvalue weighted by Gasteiger charge is -2.48. The molecule has 2 unspecified atom stereocenters. The molecule has 8 nitrogen and oxygen atoms in total. The number of carbonyl (C=O) groups excluding carboxylic acids is 2. The molecule has 70 heavy (non-hydrogen) atoms. The summed E-state index contributed by atoms with van der Waals surface area (Å²) in [6.45, 7) is 0. The number of Topliss-reactive ketones (excluding diaryl/α,β-unsaturated/α-hetero) is 2. The highest BCUT2D eigenvalue weighted by Gasteiger charge is 2.50. The molecule has 2 aromatic carbocycles. The van der Waals surface area contributed by atoms with Crippen LogP contribution in [0.3, 0.4) is 0 Å². The Bertz CT molecular complexity index is 3340. The standard InChI is InChI=1S/C56H34F4N4O4S2/c57-43-19-33-35(21-45(43)59)51(65)39(49(33)29(23-61)24-62)15-31-17-47-53(69-31)37-11-28-14-42-38(12-27(28)13-41(37)55(67-47)7-3-1-4-8-55)54-48(68-56(42)9-5-2-6-10-56)18-32(70-54)16-40-50(30(25-63)26-64)34-20-44(58)46(60)22-36(34)52(40)66/h11-22,27-28H,1-10H2/b39-15-,40-16-. The molecule has 2 aliphatic heterocycles. The topological polar surface area (TPSA) is 148 Å². The van der Waals surface area contributed by atoms with Crippen LogP contribution in [0.25, 0.3) is 34.4 Å². The van der Waals surface area contributed by atoms with Gasteiger partial charge >= 0.3 is 0 Å². The number of halogens is 4. The van der Waals surface area contributed by atoms with E-state index in [2.05, 4.69) is 24.3 Å². The molecular formula is C56H34F4N4O4S2. The number of hydrogen-bond donors (Lipinski definition) is 0. The van der Waals surface area contributed by atoms with E-state index in [1.807, 2.05) is 36.4 Å². The molecule has 4 aromatic rings. The van der Waals surface area contributed by atoms with E-state index in [9.17, 15) is 48.2 Å². The first-order valence-electron chi connectivity index (χ1n) is 23.0.